The van der Waals surface area contributed by atoms with Gasteiger partial charge in [-0.1, -0.05) is 43.1 Å². The van der Waals surface area contributed by atoms with Crippen LogP contribution in [0.4, 0.5) is 5.69 Å². The quantitative estimate of drug-likeness (QED) is 0.556. The van der Waals surface area contributed by atoms with Crippen LogP contribution >= 0.6 is 11.6 Å². The van der Waals surface area contributed by atoms with Gasteiger partial charge in [0.05, 0.1) is 0 Å². The minimum Gasteiger partial charge on any atom is -0.383 e. The Morgan fingerprint density at radius 2 is 1.75 bits per heavy atom. The summed E-state index contributed by atoms with van der Waals surface area (Å²) < 4.78 is 0. The molecule has 0 fully saturated rings. The molecule has 6 heteroatoms. The molecule has 1 atom stereocenters. The minimum atomic E-state index is -0.566. The molecule has 0 aliphatic heterocycles. The second-order valence-electron chi connectivity index (χ2n) is 7.25. The third-order valence-corrected chi connectivity index (χ3v) is 4.46. The lowest BCUT2D eigenvalue weighted by Crippen LogP contribution is -2.48. The molecular weight excluding hydrogens is 374 g/mol. The topological polar surface area (TPSA) is 70.2 Å². The summed E-state index contributed by atoms with van der Waals surface area (Å²) >= 11 is 5.87. The number of aryl methyl sites for hydroxylation is 1. The van der Waals surface area contributed by atoms with Gasteiger partial charge in [-0.05, 0) is 55.7 Å². The van der Waals surface area contributed by atoms with Gasteiger partial charge in [-0.15, -0.1) is 0 Å². The minimum absolute atomic E-state index is 0.174. The molecule has 150 valence electrons. The van der Waals surface area contributed by atoms with Gasteiger partial charge in [0, 0.05) is 29.4 Å². The Balaban J connectivity index is 1.87. The molecule has 0 heterocycles. The van der Waals surface area contributed by atoms with Crippen LogP contribution in [0.3, 0.4) is 0 Å². The normalized spacial score (nSPS) is 11.8. The zero-order valence-corrected chi connectivity index (χ0v) is 17.3. The van der Waals surface area contributed by atoms with E-state index in [1.54, 1.807) is 6.07 Å². The first-order valence-corrected chi connectivity index (χ1v) is 9.87. The van der Waals surface area contributed by atoms with Gasteiger partial charge in [0.25, 0.3) is 5.91 Å². The molecule has 2 aromatic carbocycles. The summed E-state index contributed by atoms with van der Waals surface area (Å²) in [5.41, 5.74) is 2.50. The highest BCUT2D eigenvalue weighted by Gasteiger charge is 2.22. The first kappa shape index (κ1) is 21.8. The van der Waals surface area contributed by atoms with Crippen molar-refractivity contribution in [1.82, 2.24) is 10.6 Å². The van der Waals surface area contributed by atoms with Crippen LogP contribution in [0, 0.1) is 12.8 Å². The Kier molecular flexibility index (Phi) is 8.33. The molecule has 0 bridgehead atoms. The summed E-state index contributed by atoms with van der Waals surface area (Å²) in [5, 5.41) is 9.67. The fourth-order valence-electron chi connectivity index (χ4n) is 2.81. The number of nitrogens with one attached hydrogen (secondary N) is 3. The molecule has 0 radical (unpaired) electrons. The highest BCUT2D eigenvalue weighted by molar-refractivity contribution is 6.30. The lowest BCUT2D eigenvalue weighted by atomic mass is 10.0. The summed E-state index contributed by atoms with van der Waals surface area (Å²) in [7, 11) is 0. The van der Waals surface area contributed by atoms with Crippen LogP contribution in [0.5, 0.6) is 0 Å². The van der Waals surface area contributed by atoms with Crippen LogP contribution in [0.25, 0.3) is 0 Å². The lowest BCUT2D eigenvalue weighted by Gasteiger charge is -2.20. The Hall–Kier alpha value is -2.53. The van der Waals surface area contributed by atoms with Crippen molar-refractivity contribution in [1.29, 1.82) is 0 Å². The van der Waals surface area contributed by atoms with E-state index in [9.17, 15) is 9.59 Å². The second kappa shape index (κ2) is 10.7. The molecule has 2 amide bonds. The molecule has 0 aliphatic rings. The van der Waals surface area contributed by atoms with E-state index in [-0.39, 0.29) is 17.7 Å². The molecular formula is C22H28ClN3O2. The predicted molar refractivity (Wildman–Crippen MR) is 115 cm³/mol. The third-order valence-electron chi connectivity index (χ3n) is 4.21. The summed E-state index contributed by atoms with van der Waals surface area (Å²) in [6.07, 6.45) is 0.577. The summed E-state index contributed by atoms with van der Waals surface area (Å²) in [4.78, 5) is 25.1. The largest absolute Gasteiger partial charge is 0.383 e. The molecule has 0 unspecified atom stereocenters. The maximum atomic E-state index is 12.6. The van der Waals surface area contributed by atoms with Crippen LogP contribution in [-0.4, -0.2) is 30.9 Å². The van der Waals surface area contributed by atoms with Gasteiger partial charge in [0.15, 0.2) is 0 Å². The molecule has 0 spiro atoms. The van der Waals surface area contributed by atoms with Gasteiger partial charge in [0.2, 0.25) is 5.91 Å². The van der Waals surface area contributed by atoms with Crippen molar-refractivity contribution in [2.45, 2.75) is 33.2 Å². The first-order valence-electron chi connectivity index (χ1n) is 9.50. The Bertz CT molecular complexity index is 791. The number of amides is 2. The maximum Gasteiger partial charge on any atom is 0.251 e. The predicted octanol–water partition coefficient (Wildman–Crippen LogP) is 4.02. The summed E-state index contributed by atoms with van der Waals surface area (Å²) in [6.45, 7) is 7.02. The SMILES string of the molecule is Cc1cccc(C(=O)N[C@@H](CC(C)C)C(=O)NCCNc2ccc(Cl)cc2)c1. The van der Waals surface area contributed by atoms with E-state index in [0.717, 1.165) is 11.3 Å². The van der Waals surface area contributed by atoms with E-state index in [0.29, 0.717) is 30.1 Å². The van der Waals surface area contributed by atoms with Crippen LogP contribution in [-0.2, 0) is 4.79 Å². The smallest absolute Gasteiger partial charge is 0.251 e. The van der Waals surface area contributed by atoms with E-state index in [4.69, 9.17) is 11.6 Å². The van der Waals surface area contributed by atoms with Gasteiger partial charge in [-0.2, -0.15) is 0 Å². The van der Waals surface area contributed by atoms with Crippen LogP contribution in [0.2, 0.25) is 5.02 Å². The Morgan fingerprint density at radius 3 is 2.39 bits per heavy atom. The maximum absolute atomic E-state index is 12.6. The third kappa shape index (κ3) is 7.24. The molecule has 2 aromatic rings. The zero-order chi connectivity index (χ0) is 20.5. The van der Waals surface area contributed by atoms with Gasteiger partial charge >= 0.3 is 0 Å². The monoisotopic (exact) mass is 401 g/mol. The van der Waals surface area contributed by atoms with E-state index in [2.05, 4.69) is 16.0 Å². The fraction of sp³-hybridized carbons (Fsp3) is 0.364. The Morgan fingerprint density at radius 1 is 1.04 bits per heavy atom. The number of anilines is 1. The lowest BCUT2D eigenvalue weighted by molar-refractivity contribution is -0.123. The van der Waals surface area contributed by atoms with E-state index >= 15 is 0 Å². The van der Waals surface area contributed by atoms with E-state index in [1.807, 2.05) is 63.2 Å². The van der Waals surface area contributed by atoms with E-state index < -0.39 is 6.04 Å². The van der Waals surface area contributed by atoms with Gasteiger partial charge in [-0.3, -0.25) is 9.59 Å². The van der Waals surface area contributed by atoms with Crippen molar-refractivity contribution >= 4 is 29.1 Å². The number of carbonyl (C=O) groups excluding carboxylic acids is 2. The van der Waals surface area contributed by atoms with Gasteiger partial charge in [0.1, 0.15) is 6.04 Å². The van der Waals surface area contributed by atoms with Gasteiger partial charge in [-0.25, -0.2) is 0 Å². The molecule has 28 heavy (non-hydrogen) atoms. The number of hydrogen-bond acceptors (Lipinski definition) is 3. The summed E-state index contributed by atoms with van der Waals surface area (Å²) in [5.74, 6) is -0.128. The van der Waals surface area contributed by atoms with Crippen LogP contribution < -0.4 is 16.0 Å². The number of halogens is 1. The second-order valence-corrected chi connectivity index (χ2v) is 7.69. The van der Waals surface area contributed by atoms with E-state index in [1.165, 1.54) is 0 Å². The van der Waals surface area contributed by atoms with Crippen molar-refractivity contribution < 1.29 is 9.59 Å². The van der Waals surface area contributed by atoms with Crippen molar-refractivity contribution in [2.75, 3.05) is 18.4 Å². The molecule has 0 aromatic heterocycles. The van der Waals surface area contributed by atoms with Crippen molar-refractivity contribution in [3.8, 4) is 0 Å². The molecule has 5 nitrogen and oxygen atoms in total. The molecule has 3 N–H and O–H groups in total. The number of carbonyl (C=O) groups is 2. The molecule has 0 saturated carbocycles. The van der Waals surface area contributed by atoms with Crippen molar-refractivity contribution in [3.63, 3.8) is 0 Å². The highest BCUT2D eigenvalue weighted by Crippen LogP contribution is 2.13. The van der Waals surface area contributed by atoms with Gasteiger partial charge < -0.3 is 16.0 Å². The standard InChI is InChI=1S/C22H28ClN3O2/c1-15(2)13-20(26-21(27)17-6-4-5-16(3)14-17)22(28)25-12-11-24-19-9-7-18(23)8-10-19/h4-10,14-15,20,24H,11-13H2,1-3H3,(H,25,28)(H,26,27)/t20-/m0/s1. The number of hydrogen-bond donors (Lipinski definition) is 3. The van der Waals surface area contributed by atoms with Crippen molar-refractivity contribution in [3.05, 3.63) is 64.7 Å². The number of rotatable bonds is 9. The average molecular weight is 402 g/mol. The van der Waals surface area contributed by atoms with Crippen LogP contribution in [0.15, 0.2) is 48.5 Å². The fourth-order valence-corrected chi connectivity index (χ4v) is 2.94. The number of benzene rings is 2. The average Bonchev–Trinajstić information content (AvgIpc) is 2.65. The molecule has 0 aliphatic carbocycles. The Labute approximate surface area is 171 Å². The molecule has 0 saturated heterocycles. The van der Waals surface area contributed by atoms with Crippen molar-refractivity contribution in [2.24, 2.45) is 5.92 Å². The highest BCUT2D eigenvalue weighted by atomic mass is 35.5. The van der Waals surface area contributed by atoms with Crippen LogP contribution in [0.1, 0.15) is 36.2 Å². The summed E-state index contributed by atoms with van der Waals surface area (Å²) in [6, 6.07) is 14.2. The first-order chi connectivity index (χ1) is 13.3. The zero-order valence-electron chi connectivity index (χ0n) is 16.6. The molecule has 2 rings (SSSR count).